The number of hydrogen-bond donors (Lipinski definition) is 1. The SMILES string of the molecule is CN(C(C(N)=O)c1cccc(F)c1)S(=O)(=O)C1=Cc2ccc(OC(F)F)cc2CC1. The largest absolute Gasteiger partial charge is 0.435 e. The Bertz CT molecular complexity index is 1100. The highest BCUT2D eigenvalue weighted by molar-refractivity contribution is 7.93. The van der Waals surface area contributed by atoms with Gasteiger partial charge in [0.05, 0.1) is 4.91 Å². The van der Waals surface area contributed by atoms with E-state index in [1.54, 1.807) is 0 Å². The van der Waals surface area contributed by atoms with Gasteiger partial charge in [0.25, 0.3) is 0 Å². The molecule has 1 atom stereocenters. The van der Waals surface area contributed by atoms with Gasteiger partial charge in [-0.15, -0.1) is 0 Å². The van der Waals surface area contributed by atoms with E-state index < -0.39 is 34.4 Å². The van der Waals surface area contributed by atoms with Gasteiger partial charge in [-0.1, -0.05) is 18.2 Å². The molecular formula is C20H19F3N2O4S. The number of rotatable bonds is 7. The molecule has 2 N–H and O–H groups in total. The molecule has 0 bridgehead atoms. The van der Waals surface area contributed by atoms with Crippen LogP contribution in [-0.4, -0.2) is 32.3 Å². The summed E-state index contributed by atoms with van der Waals surface area (Å²) in [6.07, 6.45) is 1.78. The van der Waals surface area contributed by atoms with E-state index in [4.69, 9.17) is 5.73 Å². The summed E-state index contributed by atoms with van der Waals surface area (Å²) in [6.45, 7) is -2.96. The molecule has 0 aliphatic heterocycles. The van der Waals surface area contributed by atoms with Crippen molar-refractivity contribution in [1.82, 2.24) is 4.31 Å². The van der Waals surface area contributed by atoms with Crippen molar-refractivity contribution >= 4 is 22.0 Å². The van der Waals surface area contributed by atoms with Crippen molar-refractivity contribution in [2.75, 3.05) is 7.05 Å². The fourth-order valence-corrected chi connectivity index (χ4v) is 4.89. The van der Waals surface area contributed by atoms with E-state index in [1.807, 2.05) is 0 Å². The molecule has 0 radical (unpaired) electrons. The van der Waals surface area contributed by atoms with Gasteiger partial charge in [0.2, 0.25) is 15.9 Å². The Morgan fingerprint density at radius 2 is 1.90 bits per heavy atom. The molecule has 0 saturated carbocycles. The van der Waals surface area contributed by atoms with Gasteiger partial charge in [-0.25, -0.2) is 12.8 Å². The molecule has 0 saturated heterocycles. The van der Waals surface area contributed by atoms with Gasteiger partial charge in [0.15, 0.2) is 0 Å². The second-order valence-corrected chi connectivity index (χ2v) is 8.78. The fourth-order valence-electron chi connectivity index (χ4n) is 3.38. The molecule has 10 heteroatoms. The highest BCUT2D eigenvalue weighted by Crippen LogP contribution is 2.34. The van der Waals surface area contributed by atoms with E-state index in [0.29, 0.717) is 11.1 Å². The second-order valence-electron chi connectivity index (χ2n) is 6.73. The molecule has 0 spiro atoms. The summed E-state index contributed by atoms with van der Waals surface area (Å²) in [6, 6.07) is 7.84. The molecule has 1 amide bonds. The summed E-state index contributed by atoms with van der Waals surface area (Å²) in [4.78, 5) is 12.0. The molecule has 0 fully saturated rings. The molecule has 0 aromatic heterocycles. The number of halogens is 3. The zero-order valence-electron chi connectivity index (χ0n) is 15.9. The Labute approximate surface area is 171 Å². The standard InChI is InChI=1S/C20H19F3N2O4S/c1-25(18(19(24)26)14-3-2-4-15(21)9-14)30(27,28)17-8-6-12-10-16(29-20(22)23)7-5-13(12)11-17/h2-5,7,9-11,18,20H,6,8H2,1H3,(H2,24,26). The van der Waals surface area contributed by atoms with E-state index in [2.05, 4.69) is 4.74 Å². The fraction of sp³-hybridized carbons (Fsp3) is 0.250. The number of hydrogen-bond acceptors (Lipinski definition) is 4. The van der Waals surface area contributed by atoms with E-state index in [9.17, 15) is 26.4 Å². The van der Waals surface area contributed by atoms with Crippen LogP contribution in [0.1, 0.15) is 29.2 Å². The number of allylic oxidation sites excluding steroid dienone is 1. The Hall–Kier alpha value is -2.85. The van der Waals surface area contributed by atoms with Crippen molar-refractivity contribution in [1.29, 1.82) is 0 Å². The van der Waals surface area contributed by atoms with Crippen LogP contribution in [0.5, 0.6) is 5.75 Å². The van der Waals surface area contributed by atoms with Crippen LogP contribution in [-0.2, 0) is 21.2 Å². The van der Waals surface area contributed by atoms with Crippen LogP contribution in [0.25, 0.3) is 6.08 Å². The molecule has 2 aromatic carbocycles. The van der Waals surface area contributed by atoms with Crippen molar-refractivity contribution in [3.05, 3.63) is 69.9 Å². The summed E-state index contributed by atoms with van der Waals surface area (Å²) in [5.74, 6) is -1.59. The lowest BCUT2D eigenvalue weighted by Gasteiger charge is -2.28. The average molecular weight is 440 g/mol. The number of amides is 1. The van der Waals surface area contributed by atoms with E-state index in [0.717, 1.165) is 10.4 Å². The first-order valence-corrected chi connectivity index (χ1v) is 10.3. The van der Waals surface area contributed by atoms with Crippen LogP contribution < -0.4 is 10.5 Å². The van der Waals surface area contributed by atoms with Crippen LogP contribution in [0.15, 0.2) is 47.4 Å². The zero-order chi connectivity index (χ0) is 22.1. The van der Waals surface area contributed by atoms with E-state index in [1.165, 1.54) is 49.5 Å². The number of nitrogens with two attached hydrogens (primary N) is 1. The molecule has 2 aromatic rings. The molecule has 0 heterocycles. The van der Waals surface area contributed by atoms with E-state index >= 15 is 0 Å². The highest BCUT2D eigenvalue weighted by Gasteiger charge is 2.35. The molecule has 1 aliphatic rings. The van der Waals surface area contributed by atoms with Crippen LogP contribution in [0, 0.1) is 5.82 Å². The third-order valence-electron chi connectivity index (χ3n) is 4.80. The lowest BCUT2D eigenvalue weighted by molar-refractivity contribution is -0.121. The maximum absolute atomic E-state index is 13.6. The minimum absolute atomic E-state index is 0.0135. The van der Waals surface area contributed by atoms with Gasteiger partial charge in [-0.3, -0.25) is 4.79 Å². The Morgan fingerprint density at radius 3 is 2.53 bits per heavy atom. The number of ether oxygens (including phenoxy) is 1. The number of aryl methyl sites for hydroxylation is 1. The topological polar surface area (TPSA) is 89.7 Å². The maximum atomic E-state index is 13.6. The van der Waals surface area contributed by atoms with Gasteiger partial charge in [-0.05, 0) is 59.9 Å². The summed E-state index contributed by atoms with van der Waals surface area (Å²) in [5, 5.41) is 0. The summed E-state index contributed by atoms with van der Waals surface area (Å²) in [5.41, 5.74) is 6.72. The van der Waals surface area contributed by atoms with Crippen LogP contribution in [0.3, 0.4) is 0 Å². The number of benzene rings is 2. The van der Waals surface area contributed by atoms with Crippen LogP contribution >= 0.6 is 0 Å². The minimum atomic E-state index is -4.12. The number of primary amides is 1. The highest BCUT2D eigenvalue weighted by atomic mass is 32.2. The predicted molar refractivity (Wildman–Crippen MR) is 104 cm³/mol. The van der Waals surface area contributed by atoms with Crippen molar-refractivity contribution in [3.63, 3.8) is 0 Å². The monoisotopic (exact) mass is 440 g/mol. The first kappa shape index (κ1) is 21.8. The average Bonchev–Trinajstić information content (AvgIpc) is 2.67. The quantitative estimate of drug-likeness (QED) is 0.716. The number of carbonyl (C=O) groups is 1. The van der Waals surface area contributed by atoms with Crippen molar-refractivity contribution < 1.29 is 31.1 Å². The molecule has 1 aliphatic carbocycles. The Morgan fingerprint density at radius 1 is 1.17 bits per heavy atom. The number of nitrogens with zero attached hydrogens (tertiary/aromatic N) is 1. The smallest absolute Gasteiger partial charge is 0.387 e. The lowest BCUT2D eigenvalue weighted by atomic mass is 9.97. The van der Waals surface area contributed by atoms with E-state index in [-0.39, 0.29) is 29.1 Å². The van der Waals surface area contributed by atoms with Crippen LogP contribution in [0.4, 0.5) is 13.2 Å². The summed E-state index contributed by atoms with van der Waals surface area (Å²) >= 11 is 0. The first-order chi connectivity index (χ1) is 14.1. The molecule has 6 nitrogen and oxygen atoms in total. The van der Waals surface area contributed by atoms with Gasteiger partial charge in [0.1, 0.15) is 17.6 Å². The number of fused-ring (bicyclic) bond motifs is 1. The van der Waals surface area contributed by atoms with Crippen LogP contribution in [0.2, 0.25) is 0 Å². The molecular weight excluding hydrogens is 421 g/mol. The minimum Gasteiger partial charge on any atom is -0.435 e. The Kier molecular flexibility index (Phi) is 6.18. The van der Waals surface area contributed by atoms with Crippen molar-refractivity contribution in [3.8, 4) is 5.75 Å². The van der Waals surface area contributed by atoms with Crippen molar-refractivity contribution in [2.45, 2.75) is 25.5 Å². The van der Waals surface area contributed by atoms with Gasteiger partial charge < -0.3 is 10.5 Å². The zero-order valence-corrected chi connectivity index (χ0v) is 16.7. The predicted octanol–water partition coefficient (Wildman–Crippen LogP) is 3.20. The van der Waals surface area contributed by atoms with Gasteiger partial charge in [0, 0.05) is 7.05 Å². The molecule has 3 rings (SSSR count). The number of alkyl halides is 2. The summed E-state index contributed by atoms with van der Waals surface area (Å²) < 4.78 is 69.8. The van der Waals surface area contributed by atoms with Gasteiger partial charge >= 0.3 is 6.61 Å². The van der Waals surface area contributed by atoms with Crippen molar-refractivity contribution in [2.24, 2.45) is 5.73 Å². The molecule has 160 valence electrons. The third kappa shape index (κ3) is 4.49. The lowest BCUT2D eigenvalue weighted by Crippen LogP contribution is -2.39. The second kappa shape index (κ2) is 8.49. The molecule has 1 unspecified atom stereocenters. The summed E-state index contributed by atoms with van der Waals surface area (Å²) in [7, 11) is -2.92. The Balaban J connectivity index is 1.94. The number of sulfonamides is 1. The first-order valence-electron chi connectivity index (χ1n) is 8.90. The number of carbonyl (C=O) groups excluding carboxylic acids is 1. The number of likely N-dealkylation sites (N-methyl/N-ethyl adjacent to an activating group) is 1. The normalized spacial score (nSPS) is 14.9. The van der Waals surface area contributed by atoms with Gasteiger partial charge in [-0.2, -0.15) is 13.1 Å². The third-order valence-corrected chi connectivity index (χ3v) is 6.76. The molecule has 30 heavy (non-hydrogen) atoms. The maximum Gasteiger partial charge on any atom is 0.387 e.